The Morgan fingerprint density at radius 3 is 1.18 bits per heavy atom. The molecule has 0 aliphatic carbocycles. The monoisotopic (exact) mass is 400 g/mol. The van der Waals surface area contributed by atoms with Crippen LogP contribution in [-0.2, 0) is 0 Å². The second-order valence-electron chi connectivity index (χ2n) is 7.43. The van der Waals surface area contributed by atoms with E-state index in [-0.39, 0.29) is 0 Å². The first-order valence-corrected chi connectivity index (χ1v) is 11.9. The van der Waals surface area contributed by atoms with Crippen LogP contribution in [0.3, 0.4) is 0 Å². The summed E-state index contributed by atoms with van der Waals surface area (Å²) in [5.74, 6) is 4.80. The first-order valence-electron chi connectivity index (χ1n) is 9.73. The fourth-order valence-corrected chi connectivity index (χ4v) is 6.55. The molecule has 0 spiro atoms. The van der Waals surface area contributed by atoms with Gasteiger partial charge in [0, 0.05) is 21.7 Å². The third-order valence-electron chi connectivity index (χ3n) is 5.67. The molecule has 0 aliphatic heterocycles. The number of hydrogen-bond acceptors (Lipinski definition) is 0. The molecule has 2 aromatic carbocycles. The van der Waals surface area contributed by atoms with Crippen molar-refractivity contribution in [3.63, 3.8) is 0 Å². The van der Waals surface area contributed by atoms with Gasteiger partial charge in [-0.25, -0.2) is 0 Å². The highest BCUT2D eigenvalue weighted by atomic mass is 31.0. The lowest BCUT2D eigenvalue weighted by Crippen LogP contribution is -1.97. The maximum Gasteiger partial charge on any atom is 0.00262 e. The van der Waals surface area contributed by atoms with E-state index in [2.05, 4.69) is 100.0 Å². The van der Waals surface area contributed by atoms with Crippen molar-refractivity contribution in [1.29, 1.82) is 0 Å². The van der Waals surface area contributed by atoms with Gasteiger partial charge in [0.15, 0.2) is 0 Å². The quantitative estimate of drug-likeness (QED) is 0.305. The summed E-state index contributed by atoms with van der Waals surface area (Å²) in [6, 6.07) is 21.9. The summed E-state index contributed by atoms with van der Waals surface area (Å²) in [4.78, 5) is 0. The fraction of sp³-hybridized carbons (Fsp3) is 0.154. The maximum absolute atomic E-state index is 2.40. The second kappa shape index (κ2) is 8.00. The molecule has 4 rings (SSSR count). The zero-order chi connectivity index (χ0) is 19.7. The lowest BCUT2D eigenvalue weighted by atomic mass is 9.89. The summed E-state index contributed by atoms with van der Waals surface area (Å²) in [6.07, 6.45) is 0. The predicted molar refractivity (Wildman–Crippen MR) is 129 cm³/mol. The molecular formula is C26H26P2. The van der Waals surface area contributed by atoms with E-state index in [1.165, 1.54) is 55.1 Å². The highest BCUT2D eigenvalue weighted by molar-refractivity contribution is 7.32. The van der Waals surface area contributed by atoms with Crippen molar-refractivity contribution in [2.24, 2.45) is 0 Å². The van der Waals surface area contributed by atoms with Crippen LogP contribution in [0.4, 0.5) is 0 Å². The standard InChI is InChI=1S/C26H26P2/c1-17-15-27-25(19(17)3)23(21-11-7-5-8-12-21)24(22-13-9-6-10-14-22)26-20(4)18(2)16-28-26/h5-16,27-28H,1-4H3/b24-23-. The minimum atomic E-state index is 0.729. The Morgan fingerprint density at radius 1 is 0.536 bits per heavy atom. The molecule has 0 amide bonds. The zero-order valence-corrected chi connectivity index (χ0v) is 18.9. The van der Waals surface area contributed by atoms with Crippen molar-refractivity contribution in [3.8, 4) is 0 Å². The van der Waals surface area contributed by atoms with Gasteiger partial charge in [0.05, 0.1) is 0 Å². The summed E-state index contributed by atoms with van der Waals surface area (Å²) in [6.45, 7) is 9.06. The van der Waals surface area contributed by atoms with Gasteiger partial charge in [0.1, 0.15) is 0 Å². The average molecular weight is 400 g/mol. The molecule has 0 N–H and O–H groups in total. The second-order valence-corrected chi connectivity index (χ2v) is 9.58. The van der Waals surface area contributed by atoms with E-state index in [0.717, 1.165) is 16.4 Å². The van der Waals surface area contributed by atoms with Crippen LogP contribution in [0.25, 0.3) is 11.1 Å². The fourth-order valence-electron chi connectivity index (χ4n) is 3.74. The van der Waals surface area contributed by atoms with E-state index in [9.17, 15) is 0 Å². The predicted octanol–water partition coefficient (Wildman–Crippen LogP) is 7.99. The van der Waals surface area contributed by atoms with Crippen molar-refractivity contribution >= 4 is 27.5 Å². The third-order valence-corrected chi connectivity index (χ3v) is 8.66. The van der Waals surface area contributed by atoms with Crippen LogP contribution in [0.2, 0.25) is 0 Å². The van der Waals surface area contributed by atoms with Gasteiger partial charge in [-0.15, -0.1) is 16.4 Å². The van der Waals surface area contributed by atoms with Crippen LogP contribution in [-0.4, -0.2) is 0 Å². The largest absolute Gasteiger partial charge is 0.131 e. The third kappa shape index (κ3) is 3.44. The highest BCUT2D eigenvalue weighted by Gasteiger charge is 2.20. The van der Waals surface area contributed by atoms with E-state index in [1.54, 1.807) is 0 Å². The molecule has 0 saturated carbocycles. The van der Waals surface area contributed by atoms with Gasteiger partial charge < -0.3 is 0 Å². The molecule has 0 radical (unpaired) electrons. The SMILES string of the molecule is Cc1c[pH]c(/C(=C(/c2ccccc2)c2[pH]cc(C)c2C)c2ccccc2)c1C. The van der Waals surface area contributed by atoms with E-state index < -0.39 is 0 Å². The summed E-state index contributed by atoms with van der Waals surface area (Å²) in [7, 11) is 1.46. The van der Waals surface area contributed by atoms with Gasteiger partial charge in [0.25, 0.3) is 0 Å². The lowest BCUT2D eigenvalue weighted by Gasteiger charge is -2.18. The van der Waals surface area contributed by atoms with Gasteiger partial charge in [-0.05, 0) is 72.7 Å². The summed E-state index contributed by atoms with van der Waals surface area (Å²) in [5.41, 5.74) is 11.2. The minimum absolute atomic E-state index is 0.729. The Kier molecular flexibility index (Phi) is 5.45. The summed E-state index contributed by atoms with van der Waals surface area (Å²) >= 11 is 0. The minimum Gasteiger partial charge on any atom is -0.131 e. The van der Waals surface area contributed by atoms with E-state index in [1.807, 2.05) is 0 Å². The number of rotatable bonds is 4. The van der Waals surface area contributed by atoms with Crippen LogP contribution in [0, 0.1) is 27.7 Å². The molecule has 0 bridgehead atoms. The van der Waals surface area contributed by atoms with Crippen molar-refractivity contribution in [2.75, 3.05) is 0 Å². The smallest absolute Gasteiger partial charge is 0.00262 e. The number of hydrogen-bond donors (Lipinski definition) is 0. The molecule has 140 valence electrons. The van der Waals surface area contributed by atoms with Crippen molar-refractivity contribution in [2.45, 2.75) is 27.7 Å². The molecule has 2 heteroatoms. The molecule has 0 nitrogen and oxygen atoms in total. The molecule has 2 heterocycles. The molecule has 0 aliphatic rings. The molecule has 0 saturated heterocycles. The Morgan fingerprint density at radius 2 is 0.893 bits per heavy atom. The van der Waals surface area contributed by atoms with Crippen molar-refractivity contribution in [3.05, 3.63) is 116 Å². The van der Waals surface area contributed by atoms with Gasteiger partial charge >= 0.3 is 0 Å². The molecule has 2 aromatic heterocycles. The summed E-state index contributed by atoms with van der Waals surface area (Å²) in [5, 5.41) is 2.99. The van der Waals surface area contributed by atoms with Crippen molar-refractivity contribution < 1.29 is 0 Å². The lowest BCUT2D eigenvalue weighted by molar-refractivity contribution is 1.37. The van der Waals surface area contributed by atoms with Crippen LogP contribution in [0.5, 0.6) is 0 Å². The van der Waals surface area contributed by atoms with Gasteiger partial charge in [-0.2, -0.15) is 0 Å². The van der Waals surface area contributed by atoms with Gasteiger partial charge in [-0.3, -0.25) is 0 Å². The topological polar surface area (TPSA) is 0 Å². The number of benzene rings is 2. The molecule has 2 atom stereocenters. The Balaban J connectivity index is 2.15. The van der Waals surface area contributed by atoms with Gasteiger partial charge in [0.2, 0.25) is 0 Å². The van der Waals surface area contributed by atoms with E-state index in [4.69, 9.17) is 0 Å². The Hall–Kier alpha value is -2.26. The van der Waals surface area contributed by atoms with Crippen molar-refractivity contribution in [1.82, 2.24) is 0 Å². The normalized spacial score (nSPS) is 12.7. The Labute approximate surface area is 171 Å². The van der Waals surface area contributed by atoms with Crippen LogP contribution >= 0.6 is 16.4 Å². The molecule has 4 aromatic rings. The van der Waals surface area contributed by atoms with Crippen LogP contribution in [0.1, 0.15) is 44.0 Å². The van der Waals surface area contributed by atoms with Gasteiger partial charge in [-0.1, -0.05) is 60.7 Å². The van der Waals surface area contributed by atoms with Crippen LogP contribution < -0.4 is 0 Å². The average Bonchev–Trinajstić information content (AvgIpc) is 3.23. The van der Waals surface area contributed by atoms with E-state index >= 15 is 0 Å². The molecule has 2 unspecified atom stereocenters. The Bertz CT molecular complexity index is 1030. The first-order chi connectivity index (χ1) is 13.6. The summed E-state index contributed by atoms with van der Waals surface area (Å²) < 4.78 is 0. The number of aryl methyl sites for hydroxylation is 2. The first kappa shape index (κ1) is 19.1. The molecular weight excluding hydrogens is 374 g/mol. The highest BCUT2D eigenvalue weighted by Crippen LogP contribution is 2.46. The zero-order valence-electron chi connectivity index (χ0n) is 16.9. The molecule has 28 heavy (non-hydrogen) atoms. The maximum atomic E-state index is 2.40. The molecule has 0 fully saturated rings. The van der Waals surface area contributed by atoms with Crippen LogP contribution in [0.15, 0.2) is 72.3 Å². The van der Waals surface area contributed by atoms with E-state index in [0.29, 0.717) is 0 Å².